The Morgan fingerprint density at radius 2 is 0.633 bits per heavy atom. The zero-order valence-corrected chi connectivity index (χ0v) is 17.5. The van der Waals surface area contributed by atoms with Gasteiger partial charge in [0, 0.05) is 0 Å². The second-order valence-corrected chi connectivity index (χ2v) is 7.14. The van der Waals surface area contributed by atoms with Crippen molar-refractivity contribution < 1.29 is 14.6 Å². The highest BCUT2D eigenvalue weighted by Crippen LogP contribution is 2.23. The van der Waals surface area contributed by atoms with E-state index >= 15 is 0 Å². The molecular weight excluding hydrogens is 372 g/mol. The monoisotopic (exact) mass is 398 g/mol. The molecule has 152 valence electrons. The van der Waals surface area contributed by atoms with Gasteiger partial charge in [-0.3, -0.25) is 0 Å². The van der Waals surface area contributed by atoms with Gasteiger partial charge in [0.25, 0.3) is 0 Å². The predicted octanol–water partition coefficient (Wildman–Crippen LogP) is 7.59. The molecule has 0 saturated carbocycles. The summed E-state index contributed by atoms with van der Waals surface area (Å²) in [6.07, 6.45) is 0. The van der Waals surface area contributed by atoms with E-state index in [-0.39, 0.29) is 5.75 Å². The van der Waals surface area contributed by atoms with E-state index in [1.54, 1.807) is 24.3 Å². The van der Waals surface area contributed by atoms with E-state index in [1.807, 2.05) is 79.7 Å². The minimum absolute atomic E-state index is 0.242. The Kier molecular flexibility index (Phi) is 7.12. The second-order valence-electron chi connectivity index (χ2n) is 7.14. The van der Waals surface area contributed by atoms with Crippen molar-refractivity contribution in [3.05, 3.63) is 114 Å². The van der Waals surface area contributed by atoms with Gasteiger partial charge in [-0.25, -0.2) is 0 Å². The van der Waals surface area contributed by atoms with Gasteiger partial charge in [0.15, 0.2) is 0 Å². The van der Waals surface area contributed by atoms with Gasteiger partial charge < -0.3 is 14.6 Å². The Hall–Kier alpha value is -3.72. The average Bonchev–Trinajstić information content (AvgIpc) is 2.75. The zero-order chi connectivity index (χ0) is 21.3. The summed E-state index contributed by atoms with van der Waals surface area (Å²) >= 11 is 0. The van der Waals surface area contributed by atoms with Crippen molar-refractivity contribution in [2.75, 3.05) is 0 Å². The lowest BCUT2D eigenvalue weighted by Gasteiger charge is -2.05. The Morgan fingerprint density at radius 3 is 0.900 bits per heavy atom. The van der Waals surface area contributed by atoms with Crippen LogP contribution in [0.1, 0.15) is 16.7 Å². The third-order valence-corrected chi connectivity index (χ3v) is 4.37. The van der Waals surface area contributed by atoms with Crippen LogP contribution < -0.4 is 9.47 Å². The fourth-order valence-electron chi connectivity index (χ4n) is 2.61. The standard InChI is InChI=1S/C14H14O.C13H12O2/c1-11-3-7-13(8-4-11)15-14-9-5-12(2)6-10-14;1-10-2-6-12(7-3-10)15-13-8-4-11(14)5-9-13/h3-10H,1-2H3;2-9,14H,1H3. The van der Waals surface area contributed by atoms with Gasteiger partial charge in [-0.15, -0.1) is 0 Å². The lowest BCUT2D eigenvalue weighted by molar-refractivity contribution is 0.464. The highest BCUT2D eigenvalue weighted by Gasteiger charge is 1.97. The van der Waals surface area contributed by atoms with E-state index in [9.17, 15) is 0 Å². The van der Waals surface area contributed by atoms with Crippen molar-refractivity contribution in [1.29, 1.82) is 0 Å². The molecule has 0 fully saturated rings. The maximum absolute atomic E-state index is 9.10. The third-order valence-electron chi connectivity index (χ3n) is 4.37. The molecule has 0 atom stereocenters. The molecule has 0 aliphatic rings. The molecule has 0 aliphatic heterocycles. The van der Waals surface area contributed by atoms with E-state index in [4.69, 9.17) is 14.6 Å². The number of rotatable bonds is 4. The van der Waals surface area contributed by atoms with Crippen molar-refractivity contribution in [3.8, 4) is 28.7 Å². The molecule has 4 rings (SSSR count). The molecule has 4 aromatic carbocycles. The Morgan fingerprint density at radius 1 is 0.400 bits per heavy atom. The molecule has 0 bridgehead atoms. The van der Waals surface area contributed by atoms with Crippen LogP contribution in [0.25, 0.3) is 0 Å². The van der Waals surface area contributed by atoms with Crippen LogP contribution in [-0.2, 0) is 0 Å². The Labute approximate surface area is 178 Å². The summed E-state index contributed by atoms with van der Waals surface area (Å²) in [5.74, 6) is 3.52. The van der Waals surface area contributed by atoms with E-state index < -0.39 is 0 Å². The molecule has 4 aromatic rings. The molecule has 0 heterocycles. The quantitative estimate of drug-likeness (QED) is 0.385. The van der Waals surface area contributed by atoms with Crippen molar-refractivity contribution in [1.82, 2.24) is 0 Å². The number of phenols is 1. The Balaban J connectivity index is 0.000000171. The normalized spacial score (nSPS) is 9.97. The molecule has 0 radical (unpaired) electrons. The van der Waals surface area contributed by atoms with Crippen LogP contribution in [0.3, 0.4) is 0 Å². The number of ether oxygens (including phenoxy) is 2. The van der Waals surface area contributed by atoms with E-state index in [1.165, 1.54) is 16.7 Å². The minimum atomic E-state index is 0.242. The van der Waals surface area contributed by atoms with Gasteiger partial charge >= 0.3 is 0 Å². The smallest absolute Gasteiger partial charge is 0.127 e. The maximum atomic E-state index is 9.10. The molecule has 0 aliphatic carbocycles. The SMILES string of the molecule is Cc1ccc(Oc2ccc(C)cc2)cc1.Cc1ccc(Oc2ccc(O)cc2)cc1. The van der Waals surface area contributed by atoms with Gasteiger partial charge in [-0.2, -0.15) is 0 Å². The fourth-order valence-corrected chi connectivity index (χ4v) is 2.61. The van der Waals surface area contributed by atoms with E-state index in [0.717, 1.165) is 23.0 Å². The Bertz CT molecular complexity index is 857. The van der Waals surface area contributed by atoms with Gasteiger partial charge in [0.1, 0.15) is 28.7 Å². The minimum Gasteiger partial charge on any atom is -0.508 e. The van der Waals surface area contributed by atoms with Crippen molar-refractivity contribution in [2.24, 2.45) is 0 Å². The summed E-state index contributed by atoms with van der Waals surface area (Å²) in [4.78, 5) is 0. The highest BCUT2D eigenvalue weighted by atomic mass is 16.5. The van der Waals surface area contributed by atoms with Crippen LogP contribution in [0.15, 0.2) is 97.1 Å². The molecule has 1 N–H and O–H groups in total. The first-order chi connectivity index (χ1) is 14.5. The number of hydrogen-bond acceptors (Lipinski definition) is 3. The molecule has 0 unspecified atom stereocenters. The molecular formula is C27H26O3. The van der Waals surface area contributed by atoms with Crippen molar-refractivity contribution >= 4 is 0 Å². The lowest BCUT2D eigenvalue weighted by atomic mass is 10.2. The first kappa shape index (κ1) is 21.0. The van der Waals surface area contributed by atoms with Crippen LogP contribution in [0.5, 0.6) is 28.7 Å². The second kappa shape index (κ2) is 10.2. The molecule has 30 heavy (non-hydrogen) atoms. The summed E-state index contributed by atoms with van der Waals surface area (Å²) in [6, 6.07) is 30.6. The largest absolute Gasteiger partial charge is 0.508 e. The first-order valence-electron chi connectivity index (χ1n) is 9.83. The van der Waals surface area contributed by atoms with Crippen LogP contribution >= 0.6 is 0 Å². The lowest BCUT2D eigenvalue weighted by Crippen LogP contribution is -1.84. The summed E-state index contributed by atoms with van der Waals surface area (Å²) in [7, 11) is 0. The third kappa shape index (κ3) is 6.71. The first-order valence-corrected chi connectivity index (χ1v) is 9.83. The number of aryl methyl sites for hydroxylation is 3. The molecule has 0 amide bonds. The van der Waals surface area contributed by atoms with Gasteiger partial charge in [-0.1, -0.05) is 53.1 Å². The maximum Gasteiger partial charge on any atom is 0.127 e. The number of hydrogen-bond donors (Lipinski definition) is 1. The summed E-state index contributed by atoms with van der Waals surface area (Å²) in [5.41, 5.74) is 3.69. The van der Waals surface area contributed by atoms with Crippen molar-refractivity contribution in [2.45, 2.75) is 20.8 Å². The molecule has 3 nitrogen and oxygen atoms in total. The van der Waals surface area contributed by atoms with Gasteiger partial charge in [0.05, 0.1) is 0 Å². The highest BCUT2D eigenvalue weighted by molar-refractivity contribution is 5.36. The molecule has 0 saturated heterocycles. The number of aromatic hydroxyl groups is 1. The summed E-state index contributed by atoms with van der Waals surface area (Å²) in [6.45, 7) is 6.16. The number of benzene rings is 4. The fraction of sp³-hybridized carbons (Fsp3) is 0.111. The summed E-state index contributed by atoms with van der Waals surface area (Å²) < 4.78 is 11.3. The predicted molar refractivity (Wildman–Crippen MR) is 122 cm³/mol. The van der Waals surface area contributed by atoms with Crippen LogP contribution in [0.4, 0.5) is 0 Å². The van der Waals surface area contributed by atoms with Crippen LogP contribution in [-0.4, -0.2) is 5.11 Å². The molecule has 0 aromatic heterocycles. The van der Waals surface area contributed by atoms with Crippen molar-refractivity contribution in [3.63, 3.8) is 0 Å². The number of phenolic OH excluding ortho intramolecular Hbond substituents is 1. The zero-order valence-electron chi connectivity index (χ0n) is 17.5. The van der Waals surface area contributed by atoms with E-state index in [0.29, 0.717) is 0 Å². The van der Waals surface area contributed by atoms with Crippen LogP contribution in [0.2, 0.25) is 0 Å². The van der Waals surface area contributed by atoms with Crippen LogP contribution in [0, 0.1) is 20.8 Å². The summed E-state index contributed by atoms with van der Waals surface area (Å²) in [5, 5.41) is 9.10. The van der Waals surface area contributed by atoms with E-state index in [2.05, 4.69) is 13.8 Å². The molecule has 3 heteroatoms. The molecule has 0 spiro atoms. The van der Waals surface area contributed by atoms with Gasteiger partial charge in [-0.05, 0) is 81.4 Å². The van der Waals surface area contributed by atoms with Gasteiger partial charge in [0.2, 0.25) is 0 Å². The average molecular weight is 399 g/mol. The topological polar surface area (TPSA) is 38.7 Å².